The maximum Gasteiger partial charge on any atom is 0.232 e. The van der Waals surface area contributed by atoms with Gasteiger partial charge in [0, 0.05) is 41.2 Å². The van der Waals surface area contributed by atoms with E-state index in [4.69, 9.17) is 43.4 Å². The van der Waals surface area contributed by atoms with Crippen molar-refractivity contribution in [1.82, 2.24) is 15.0 Å². The van der Waals surface area contributed by atoms with Crippen LogP contribution in [0.15, 0.2) is 54.6 Å². The fourth-order valence-electron chi connectivity index (χ4n) is 12.0. The van der Waals surface area contributed by atoms with Gasteiger partial charge in [0.25, 0.3) is 0 Å². The number of rotatable bonds is 65. The van der Waals surface area contributed by atoms with Crippen LogP contribution in [0.4, 0.5) is 23.3 Å². The summed E-state index contributed by atoms with van der Waals surface area (Å²) in [6.45, 7) is 17.3. The van der Waals surface area contributed by atoms with Crippen LogP contribution in [0.5, 0.6) is 34.5 Å². The number of nitrogens with one attached hydrogen (secondary N) is 2. The van der Waals surface area contributed by atoms with Crippen molar-refractivity contribution in [2.75, 3.05) is 50.3 Å². The highest BCUT2D eigenvalue weighted by Gasteiger charge is 2.21. The monoisotopic (exact) mass is 1280 g/mol. The van der Waals surface area contributed by atoms with E-state index < -0.39 is 0 Å². The van der Waals surface area contributed by atoms with Gasteiger partial charge in [-0.3, -0.25) is 0 Å². The second kappa shape index (κ2) is 56.4. The van der Waals surface area contributed by atoms with Crippen LogP contribution in [0.25, 0.3) is 11.4 Å². The van der Waals surface area contributed by atoms with Crippen LogP contribution in [0, 0.1) is 0 Å². The molecule has 0 bridgehead atoms. The summed E-state index contributed by atoms with van der Waals surface area (Å²) in [4.78, 5) is 15.3. The number of hydrogen-bond acceptors (Lipinski definition) is 11. The Hall–Kier alpha value is -4.93. The number of unbranched alkanes of at least 4 members (excludes halogenated alkanes) is 42. The van der Waals surface area contributed by atoms with Crippen LogP contribution in [0.1, 0.15) is 350 Å². The lowest BCUT2D eigenvalue weighted by molar-refractivity contribution is 0.234. The predicted octanol–water partition coefficient (Wildman–Crippen LogP) is 26.1. The highest BCUT2D eigenvalue weighted by Crippen LogP contribution is 2.44. The van der Waals surface area contributed by atoms with E-state index in [1.165, 1.54) is 231 Å². The van der Waals surface area contributed by atoms with Crippen molar-refractivity contribution >= 4 is 23.3 Å². The lowest BCUT2D eigenvalue weighted by Crippen LogP contribution is -2.09. The minimum absolute atomic E-state index is 0.389. The highest BCUT2D eigenvalue weighted by atomic mass is 16.5. The molecule has 0 spiro atoms. The number of anilines is 4. The quantitative estimate of drug-likeness (QED) is 0.0412. The Bertz CT molecular complexity index is 2110. The third-order valence-corrected chi connectivity index (χ3v) is 17.7. The van der Waals surface area contributed by atoms with Crippen LogP contribution in [0.2, 0.25) is 0 Å². The van der Waals surface area contributed by atoms with E-state index >= 15 is 0 Å². The molecule has 0 aliphatic rings. The van der Waals surface area contributed by atoms with E-state index in [9.17, 15) is 0 Å². The molecule has 0 fully saturated rings. The van der Waals surface area contributed by atoms with Crippen LogP contribution >= 0.6 is 0 Å². The molecule has 0 saturated heterocycles. The molecule has 0 amide bonds. The molecular weight excluding hydrogens is 1140 g/mol. The summed E-state index contributed by atoms with van der Waals surface area (Å²) >= 11 is 0. The van der Waals surface area contributed by atoms with Gasteiger partial charge in [-0.05, 0) is 38.5 Å². The fourth-order valence-corrected chi connectivity index (χ4v) is 12.0. The van der Waals surface area contributed by atoms with Gasteiger partial charge in [-0.15, -0.1) is 0 Å². The Balaban J connectivity index is 1.72. The zero-order valence-electron chi connectivity index (χ0n) is 60.2. The summed E-state index contributed by atoms with van der Waals surface area (Å²) in [6.07, 6.45) is 59.1. The highest BCUT2D eigenvalue weighted by molar-refractivity contribution is 5.70. The molecule has 0 aliphatic heterocycles. The van der Waals surface area contributed by atoms with Crippen molar-refractivity contribution in [2.24, 2.45) is 0 Å². The second-order valence-corrected chi connectivity index (χ2v) is 26.5. The van der Waals surface area contributed by atoms with E-state index in [2.05, 4.69) is 76.4 Å². The van der Waals surface area contributed by atoms with Gasteiger partial charge in [0.05, 0.1) is 39.6 Å². The normalized spacial score (nSPS) is 11.3. The summed E-state index contributed by atoms with van der Waals surface area (Å²) < 4.78 is 40.8. The largest absolute Gasteiger partial charge is 0.489 e. The average Bonchev–Trinajstić information content (AvgIpc) is 0.921. The first-order valence-corrected chi connectivity index (χ1v) is 39.0. The lowest BCUT2D eigenvalue weighted by atomic mass is 10.1. The van der Waals surface area contributed by atoms with Gasteiger partial charge in [0.2, 0.25) is 23.4 Å². The third-order valence-electron chi connectivity index (χ3n) is 17.7. The summed E-state index contributed by atoms with van der Waals surface area (Å²) in [5, 5.41) is 7.27. The number of benzene rings is 3. The molecule has 4 rings (SSSR count). The smallest absolute Gasteiger partial charge is 0.232 e. The Kier molecular flexibility index (Phi) is 48.8. The molecule has 0 aliphatic carbocycles. The SMILES string of the molecule is CCCCCCCCCCOc1cc(Nc2nc(Nc3cc(OCCCCCCCCCC)c(OCCCCCCCCCC)c(OCCCCCCCCCC)c3)nc(-c3ccccc3)n2)cc(OCCCCCCCCCC)c1OCCCCCCCCCC. The fraction of sp³-hybridized carbons (Fsp3) is 0.741. The summed E-state index contributed by atoms with van der Waals surface area (Å²) in [5.74, 6) is 5.42. The van der Waals surface area contributed by atoms with Crippen molar-refractivity contribution < 1.29 is 28.4 Å². The van der Waals surface area contributed by atoms with Gasteiger partial charge >= 0.3 is 0 Å². The van der Waals surface area contributed by atoms with E-state index in [-0.39, 0.29) is 0 Å². The molecule has 2 N–H and O–H groups in total. The molecule has 3 aromatic carbocycles. The Morgan fingerprint density at radius 2 is 0.467 bits per heavy atom. The molecule has 0 radical (unpaired) electrons. The maximum absolute atomic E-state index is 6.80. The molecule has 92 heavy (non-hydrogen) atoms. The Labute approximate surface area is 564 Å². The molecule has 4 aromatic rings. The van der Waals surface area contributed by atoms with Gasteiger partial charge in [-0.25, -0.2) is 0 Å². The first-order chi connectivity index (χ1) is 45.5. The molecule has 1 heterocycles. The average molecular weight is 1280 g/mol. The molecule has 0 atom stereocenters. The van der Waals surface area contributed by atoms with Crippen molar-refractivity contribution in [2.45, 2.75) is 350 Å². The summed E-state index contributed by atoms with van der Waals surface area (Å²) in [6, 6.07) is 18.4. The molecular formula is C81H137N5O6. The third kappa shape index (κ3) is 38.4. The zero-order chi connectivity index (χ0) is 65.3. The maximum atomic E-state index is 6.80. The van der Waals surface area contributed by atoms with E-state index in [0.717, 1.165) is 94.0 Å². The van der Waals surface area contributed by atoms with Gasteiger partial charge in [0.15, 0.2) is 28.8 Å². The van der Waals surface area contributed by atoms with Crippen LogP contribution in [0.3, 0.4) is 0 Å². The van der Waals surface area contributed by atoms with Gasteiger partial charge in [0.1, 0.15) is 0 Å². The minimum Gasteiger partial charge on any atom is -0.489 e. The topological polar surface area (TPSA) is 118 Å². The van der Waals surface area contributed by atoms with Crippen LogP contribution < -0.4 is 39.1 Å². The molecule has 1 aromatic heterocycles. The van der Waals surface area contributed by atoms with Gasteiger partial charge in [-0.2, -0.15) is 15.0 Å². The van der Waals surface area contributed by atoms with E-state index in [1.807, 2.05) is 30.3 Å². The first kappa shape index (κ1) is 79.5. The lowest BCUT2D eigenvalue weighted by Gasteiger charge is -2.20. The minimum atomic E-state index is 0.389. The zero-order valence-corrected chi connectivity index (χ0v) is 60.2. The first-order valence-electron chi connectivity index (χ1n) is 39.0. The van der Waals surface area contributed by atoms with E-state index in [0.29, 0.717) is 91.9 Å². The molecule has 0 unspecified atom stereocenters. The number of nitrogens with zero attached hydrogens (tertiary/aromatic N) is 3. The number of hydrogen-bond donors (Lipinski definition) is 2. The molecule has 0 saturated carbocycles. The molecule has 11 heteroatoms. The van der Waals surface area contributed by atoms with Gasteiger partial charge < -0.3 is 39.1 Å². The van der Waals surface area contributed by atoms with Crippen molar-refractivity contribution in [3.05, 3.63) is 54.6 Å². The van der Waals surface area contributed by atoms with Gasteiger partial charge in [-0.1, -0.05) is 342 Å². The Morgan fingerprint density at radius 3 is 0.707 bits per heavy atom. The van der Waals surface area contributed by atoms with Crippen molar-refractivity contribution in [3.63, 3.8) is 0 Å². The number of aromatic nitrogens is 3. The molecule has 11 nitrogen and oxygen atoms in total. The summed E-state index contributed by atoms with van der Waals surface area (Å²) in [5.41, 5.74) is 2.38. The predicted molar refractivity (Wildman–Crippen MR) is 393 cm³/mol. The Morgan fingerprint density at radius 1 is 0.250 bits per heavy atom. The van der Waals surface area contributed by atoms with Crippen LogP contribution in [-0.4, -0.2) is 54.6 Å². The van der Waals surface area contributed by atoms with E-state index in [1.54, 1.807) is 0 Å². The van der Waals surface area contributed by atoms with Crippen molar-refractivity contribution in [1.29, 1.82) is 0 Å². The standard InChI is InChI=1S/C81H137N5O6/c1-7-13-19-25-31-37-43-52-60-87-73-66-71(67-74(88-61-53-44-38-32-26-20-14-8-2)77(73)91-64-56-47-41-35-29-23-17-11-5)82-80-84-79(70-58-50-49-51-59-70)85-81(86-80)83-72-68-75(89-62-54-45-39-33-27-21-15-9-3)78(92-65-57-48-42-36-30-24-18-12-6)76(69-72)90-63-55-46-40-34-28-22-16-10-4/h49-51,58-59,66-69H,7-48,52-57,60-65H2,1-6H3,(H2,82,83,84,85,86). The van der Waals surface area contributed by atoms with Crippen LogP contribution in [-0.2, 0) is 0 Å². The summed E-state index contributed by atoms with van der Waals surface area (Å²) in [7, 11) is 0. The van der Waals surface area contributed by atoms with Crippen molar-refractivity contribution in [3.8, 4) is 45.9 Å². The second-order valence-electron chi connectivity index (χ2n) is 26.5. The molecule has 522 valence electrons. The number of ether oxygens (including phenoxy) is 6.